The number of rotatable bonds is 4. The Hall–Kier alpha value is -3.03. The summed E-state index contributed by atoms with van der Waals surface area (Å²) in [5.41, 5.74) is 1.93. The first-order chi connectivity index (χ1) is 13.5. The summed E-state index contributed by atoms with van der Waals surface area (Å²) in [7, 11) is 0. The number of benzene rings is 2. The Bertz CT molecular complexity index is 1130. The molecule has 0 aliphatic carbocycles. The van der Waals surface area contributed by atoms with Crippen LogP contribution in [0.3, 0.4) is 0 Å². The Morgan fingerprint density at radius 2 is 1.79 bits per heavy atom. The number of pyridine rings is 1. The highest BCUT2D eigenvalue weighted by molar-refractivity contribution is 8.26. The van der Waals surface area contributed by atoms with Gasteiger partial charge in [-0.15, -0.1) is 0 Å². The van der Waals surface area contributed by atoms with Crippen molar-refractivity contribution < 1.29 is 14.7 Å². The molecule has 1 fully saturated rings. The number of hydrogen-bond donors (Lipinski definition) is 1. The van der Waals surface area contributed by atoms with Crippen LogP contribution in [0.5, 0.6) is 0 Å². The number of aliphatic carboxylic acids is 1. The molecule has 5 nitrogen and oxygen atoms in total. The highest BCUT2D eigenvalue weighted by Gasteiger charge is 2.41. The predicted octanol–water partition coefficient (Wildman–Crippen LogP) is 4.26. The summed E-state index contributed by atoms with van der Waals surface area (Å²) in [5, 5.41) is 10.7. The van der Waals surface area contributed by atoms with Gasteiger partial charge in [0.05, 0.1) is 16.1 Å². The molecular weight excluding hydrogens is 392 g/mol. The molecular formula is C21H14N2O3S2. The summed E-state index contributed by atoms with van der Waals surface area (Å²) in [6, 6.07) is 18.9. The number of nitrogens with zero attached hydrogens (tertiary/aromatic N) is 2. The van der Waals surface area contributed by atoms with Crippen LogP contribution in [0.2, 0.25) is 0 Å². The Labute approximate surface area is 170 Å². The number of carboxylic acids is 1. The lowest BCUT2D eigenvalue weighted by Gasteiger charge is -2.23. The van der Waals surface area contributed by atoms with Gasteiger partial charge in [-0.05, 0) is 23.8 Å². The van der Waals surface area contributed by atoms with Gasteiger partial charge in [-0.2, -0.15) is 0 Å². The third-order valence-corrected chi connectivity index (χ3v) is 5.66. The second-order valence-corrected chi connectivity index (χ2v) is 7.81. The number of thioether (sulfide) groups is 1. The zero-order valence-electron chi connectivity index (χ0n) is 14.5. The minimum absolute atomic E-state index is 0.216. The predicted molar refractivity (Wildman–Crippen MR) is 114 cm³/mol. The van der Waals surface area contributed by atoms with E-state index in [1.54, 1.807) is 36.4 Å². The maximum atomic E-state index is 13.0. The molecule has 2 heterocycles. The van der Waals surface area contributed by atoms with E-state index in [-0.39, 0.29) is 4.32 Å². The molecule has 1 N–H and O–H groups in total. The first-order valence-corrected chi connectivity index (χ1v) is 9.68. The molecule has 0 bridgehead atoms. The third kappa shape index (κ3) is 3.42. The summed E-state index contributed by atoms with van der Waals surface area (Å²) < 4.78 is 0.216. The fourth-order valence-electron chi connectivity index (χ4n) is 3.04. The van der Waals surface area contributed by atoms with Crippen molar-refractivity contribution in [2.45, 2.75) is 6.04 Å². The first-order valence-electron chi connectivity index (χ1n) is 8.45. The normalized spacial score (nSPS) is 16.7. The summed E-state index contributed by atoms with van der Waals surface area (Å²) in [5.74, 6) is -1.56. The molecule has 1 amide bonds. The Kier molecular flexibility index (Phi) is 4.93. The molecule has 7 heteroatoms. The van der Waals surface area contributed by atoms with Crippen molar-refractivity contribution in [1.29, 1.82) is 0 Å². The van der Waals surface area contributed by atoms with Crippen molar-refractivity contribution in [2.75, 3.05) is 0 Å². The van der Waals surface area contributed by atoms with Gasteiger partial charge in [-0.25, -0.2) is 9.78 Å². The molecule has 0 unspecified atom stereocenters. The average Bonchev–Trinajstić information content (AvgIpc) is 2.96. The summed E-state index contributed by atoms with van der Waals surface area (Å²) in [6.07, 6.45) is 1.65. The highest BCUT2D eigenvalue weighted by Crippen LogP contribution is 2.38. The fraction of sp³-hybridized carbons (Fsp3) is 0.0476. The quantitative estimate of drug-likeness (QED) is 0.516. The minimum Gasteiger partial charge on any atom is -0.479 e. The maximum absolute atomic E-state index is 13.0. The van der Waals surface area contributed by atoms with Crippen molar-refractivity contribution in [2.24, 2.45) is 0 Å². The van der Waals surface area contributed by atoms with Crippen LogP contribution in [0, 0.1) is 0 Å². The number of carboxylic acid groups (broad SMARTS) is 1. The van der Waals surface area contributed by atoms with Crippen molar-refractivity contribution in [3.63, 3.8) is 0 Å². The molecule has 1 aromatic heterocycles. The van der Waals surface area contributed by atoms with E-state index in [9.17, 15) is 14.7 Å². The van der Waals surface area contributed by atoms with Crippen LogP contribution in [0.15, 0.2) is 71.6 Å². The molecule has 2 aromatic carbocycles. The molecule has 0 radical (unpaired) electrons. The van der Waals surface area contributed by atoms with Crippen LogP contribution >= 0.6 is 24.0 Å². The van der Waals surface area contributed by atoms with Gasteiger partial charge in [0, 0.05) is 5.39 Å². The second kappa shape index (κ2) is 7.53. The van der Waals surface area contributed by atoms with Crippen LogP contribution in [-0.2, 0) is 9.59 Å². The smallest absolute Gasteiger partial charge is 0.331 e. The van der Waals surface area contributed by atoms with E-state index in [1.165, 1.54) is 0 Å². The van der Waals surface area contributed by atoms with Gasteiger partial charge in [0.25, 0.3) is 5.91 Å². The van der Waals surface area contributed by atoms with Gasteiger partial charge in [0.1, 0.15) is 4.32 Å². The highest BCUT2D eigenvalue weighted by atomic mass is 32.2. The summed E-state index contributed by atoms with van der Waals surface area (Å²) >= 11 is 6.41. The Morgan fingerprint density at radius 1 is 1.07 bits per heavy atom. The molecule has 0 saturated carbocycles. The minimum atomic E-state index is -1.16. The first kappa shape index (κ1) is 18.3. The largest absolute Gasteiger partial charge is 0.479 e. The summed E-state index contributed by atoms with van der Waals surface area (Å²) in [4.78, 5) is 30.9. The van der Waals surface area contributed by atoms with E-state index >= 15 is 0 Å². The van der Waals surface area contributed by atoms with E-state index in [2.05, 4.69) is 4.98 Å². The number of hydrogen-bond acceptors (Lipinski definition) is 5. The molecule has 1 aliphatic rings. The van der Waals surface area contributed by atoms with Gasteiger partial charge in [-0.3, -0.25) is 9.69 Å². The van der Waals surface area contributed by atoms with E-state index in [0.717, 1.165) is 27.6 Å². The standard InChI is InChI=1S/C21H14N2O3S2/c24-19-17(12-15-11-10-13-6-4-5-9-16(13)22-15)28-21(27)23(19)18(20(25)26)14-7-2-1-3-8-14/h1-12,18H,(H,25,26)/b17-12-/t18-/m0/s1. The molecule has 138 valence electrons. The topological polar surface area (TPSA) is 70.5 Å². The molecule has 4 rings (SSSR count). The number of thiocarbonyl (C=S) groups is 1. The number of amides is 1. The number of fused-ring (bicyclic) bond motifs is 1. The molecule has 0 spiro atoms. The lowest BCUT2D eigenvalue weighted by molar-refractivity contribution is -0.145. The second-order valence-electron chi connectivity index (χ2n) is 6.13. The van der Waals surface area contributed by atoms with Gasteiger partial charge in [0.15, 0.2) is 6.04 Å². The Balaban J connectivity index is 1.69. The van der Waals surface area contributed by atoms with Crippen molar-refractivity contribution in [3.8, 4) is 0 Å². The van der Waals surface area contributed by atoms with Gasteiger partial charge >= 0.3 is 5.97 Å². The molecule has 1 aliphatic heterocycles. The SMILES string of the molecule is O=C(O)[C@H](c1ccccc1)N1C(=O)/C(=C/c2ccc3ccccc3n2)SC1=S. The lowest BCUT2D eigenvalue weighted by Crippen LogP contribution is -2.37. The zero-order valence-corrected chi connectivity index (χ0v) is 16.1. The van der Waals surface area contributed by atoms with Crippen molar-refractivity contribution in [3.05, 3.63) is 82.9 Å². The molecule has 28 heavy (non-hydrogen) atoms. The third-order valence-electron chi connectivity index (χ3n) is 4.33. The molecule has 1 saturated heterocycles. The van der Waals surface area contributed by atoms with Gasteiger partial charge < -0.3 is 5.11 Å². The number of para-hydroxylation sites is 1. The van der Waals surface area contributed by atoms with Crippen LogP contribution in [-0.4, -0.2) is 31.2 Å². The fourth-order valence-corrected chi connectivity index (χ4v) is 4.33. The number of aromatic nitrogens is 1. The van der Waals surface area contributed by atoms with Crippen molar-refractivity contribution >= 4 is 57.2 Å². The van der Waals surface area contributed by atoms with Crippen LogP contribution in [0.4, 0.5) is 0 Å². The zero-order chi connectivity index (χ0) is 19.7. The van der Waals surface area contributed by atoms with Gasteiger partial charge in [-0.1, -0.05) is 78.6 Å². The summed E-state index contributed by atoms with van der Waals surface area (Å²) in [6.45, 7) is 0. The van der Waals surface area contributed by atoms with E-state index in [0.29, 0.717) is 16.2 Å². The number of carbonyl (C=O) groups excluding carboxylic acids is 1. The lowest BCUT2D eigenvalue weighted by atomic mass is 10.1. The van der Waals surface area contributed by atoms with Crippen LogP contribution in [0.25, 0.3) is 17.0 Å². The van der Waals surface area contributed by atoms with E-state index in [1.807, 2.05) is 36.4 Å². The van der Waals surface area contributed by atoms with Crippen LogP contribution in [0.1, 0.15) is 17.3 Å². The van der Waals surface area contributed by atoms with Crippen molar-refractivity contribution in [1.82, 2.24) is 9.88 Å². The van der Waals surface area contributed by atoms with Gasteiger partial charge in [0.2, 0.25) is 0 Å². The monoisotopic (exact) mass is 406 g/mol. The average molecular weight is 406 g/mol. The Morgan fingerprint density at radius 3 is 2.54 bits per heavy atom. The van der Waals surface area contributed by atoms with Crippen LogP contribution < -0.4 is 0 Å². The maximum Gasteiger partial charge on any atom is 0.331 e. The number of carbonyl (C=O) groups is 2. The van der Waals surface area contributed by atoms with E-state index < -0.39 is 17.9 Å². The van der Waals surface area contributed by atoms with E-state index in [4.69, 9.17) is 12.2 Å². The molecule has 1 atom stereocenters. The molecule has 3 aromatic rings.